The third kappa shape index (κ3) is 49.4. The minimum Gasteiger partial charge on any atom is -0.462 e. The normalized spacial score (nSPS) is 12.0. The number of hydrogen-bond acceptors (Lipinski definition) is 6. The van der Waals surface area contributed by atoms with Gasteiger partial charge in [-0.05, 0) is 31.1 Å². The Morgan fingerprint density at radius 3 is 0.790 bits per heavy atom. The molecule has 6 nitrogen and oxygen atoms in total. The molecule has 0 rings (SSSR count). The van der Waals surface area contributed by atoms with Crippen LogP contribution in [-0.2, 0) is 28.6 Å². The van der Waals surface area contributed by atoms with Crippen molar-refractivity contribution in [2.24, 2.45) is 11.8 Å². The van der Waals surface area contributed by atoms with Crippen molar-refractivity contribution >= 4 is 17.9 Å². The second-order valence-electron chi connectivity index (χ2n) is 20.2. The third-order valence-corrected chi connectivity index (χ3v) is 12.7. The Labute approximate surface area is 387 Å². The van der Waals surface area contributed by atoms with Crippen molar-refractivity contribution in [3.8, 4) is 0 Å². The van der Waals surface area contributed by atoms with Crippen LogP contribution in [0.2, 0.25) is 0 Å². The Balaban J connectivity index is 4.23. The molecule has 0 aromatic heterocycles. The molecule has 368 valence electrons. The van der Waals surface area contributed by atoms with E-state index in [1.165, 1.54) is 199 Å². The van der Waals surface area contributed by atoms with E-state index in [0.717, 1.165) is 69.6 Å². The Bertz CT molecular complexity index is 947. The first-order chi connectivity index (χ1) is 30.2. The second kappa shape index (κ2) is 48.9. The molecule has 0 saturated carbocycles. The van der Waals surface area contributed by atoms with Crippen molar-refractivity contribution < 1.29 is 28.6 Å². The molecule has 0 aromatic carbocycles. The van der Waals surface area contributed by atoms with Crippen molar-refractivity contribution in [1.82, 2.24) is 0 Å². The zero-order valence-corrected chi connectivity index (χ0v) is 42.5. The average molecular weight is 877 g/mol. The zero-order chi connectivity index (χ0) is 45.4. The topological polar surface area (TPSA) is 78.9 Å². The van der Waals surface area contributed by atoms with Gasteiger partial charge in [0.05, 0.1) is 0 Å². The summed E-state index contributed by atoms with van der Waals surface area (Å²) in [6.45, 7) is 11.4. The van der Waals surface area contributed by atoms with E-state index in [-0.39, 0.29) is 31.1 Å². The molecule has 0 N–H and O–H groups in total. The van der Waals surface area contributed by atoms with E-state index < -0.39 is 6.10 Å². The lowest BCUT2D eigenvalue weighted by Crippen LogP contribution is -2.30. The standard InChI is InChI=1S/C56H108O6/c1-6-7-8-9-10-24-31-36-41-46-54(57)60-49-53(50-61-55(58)47-42-37-32-27-22-19-15-17-21-26-30-35-40-45-52(4)5)62-56(59)48-43-38-33-28-23-18-14-12-11-13-16-20-25-29-34-39-44-51(2)3/h51-53H,6-50H2,1-5H3/t53-/m1/s1. The molecule has 0 radical (unpaired) electrons. The molecule has 0 fully saturated rings. The Kier molecular flexibility index (Phi) is 47.6. The van der Waals surface area contributed by atoms with E-state index in [1.54, 1.807) is 0 Å². The summed E-state index contributed by atoms with van der Waals surface area (Å²) in [7, 11) is 0. The third-order valence-electron chi connectivity index (χ3n) is 12.7. The lowest BCUT2D eigenvalue weighted by Gasteiger charge is -2.18. The number of hydrogen-bond donors (Lipinski definition) is 0. The lowest BCUT2D eigenvalue weighted by atomic mass is 10.0. The average Bonchev–Trinajstić information content (AvgIpc) is 3.24. The van der Waals surface area contributed by atoms with Crippen LogP contribution in [0.3, 0.4) is 0 Å². The highest BCUT2D eigenvalue weighted by atomic mass is 16.6. The van der Waals surface area contributed by atoms with Gasteiger partial charge in [-0.15, -0.1) is 0 Å². The molecule has 0 heterocycles. The number of carbonyl (C=O) groups is 3. The van der Waals surface area contributed by atoms with Crippen LogP contribution in [0.4, 0.5) is 0 Å². The number of unbranched alkanes of at least 4 members (excludes halogenated alkanes) is 35. The second-order valence-corrected chi connectivity index (χ2v) is 20.2. The minimum atomic E-state index is -0.761. The van der Waals surface area contributed by atoms with Gasteiger partial charge in [0.15, 0.2) is 6.10 Å². The Hall–Kier alpha value is -1.59. The predicted octanol–water partition coefficient (Wildman–Crippen LogP) is 18.1. The molecular formula is C56H108O6. The fourth-order valence-electron chi connectivity index (χ4n) is 8.52. The molecule has 62 heavy (non-hydrogen) atoms. The molecule has 0 bridgehead atoms. The van der Waals surface area contributed by atoms with Crippen molar-refractivity contribution in [3.63, 3.8) is 0 Å². The van der Waals surface area contributed by atoms with E-state index in [9.17, 15) is 14.4 Å². The number of esters is 3. The zero-order valence-electron chi connectivity index (χ0n) is 42.5. The number of carbonyl (C=O) groups excluding carboxylic acids is 3. The first kappa shape index (κ1) is 60.4. The van der Waals surface area contributed by atoms with Gasteiger partial charge in [0.25, 0.3) is 0 Å². The van der Waals surface area contributed by atoms with Crippen LogP contribution in [0, 0.1) is 11.8 Å². The van der Waals surface area contributed by atoms with Crippen LogP contribution in [0.15, 0.2) is 0 Å². The maximum Gasteiger partial charge on any atom is 0.306 e. The van der Waals surface area contributed by atoms with Crippen molar-refractivity contribution in [3.05, 3.63) is 0 Å². The van der Waals surface area contributed by atoms with Crippen LogP contribution in [0.25, 0.3) is 0 Å². The van der Waals surface area contributed by atoms with E-state index in [1.807, 2.05) is 0 Å². The van der Waals surface area contributed by atoms with Crippen LogP contribution in [-0.4, -0.2) is 37.2 Å². The predicted molar refractivity (Wildman–Crippen MR) is 266 cm³/mol. The molecule has 0 aliphatic carbocycles. The van der Waals surface area contributed by atoms with Gasteiger partial charge in [0.1, 0.15) is 13.2 Å². The van der Waals surface area contributed by atoms with Gasteiger partial charge in [-0.1, -0.05) is 272 Å². The quantitative estimate of drug-likeness (QED) is 0.0344. The first-order valence-electron chi connectivity index (χ1n) is 27.7. The van der Waals surface area contributed by atoms with E-state index in [0.29, 0.717) is 19.3 Å². The van der Waals surface area contributed by atoms with Gasteiger partial charge < -0.3 is 14.2 Å². The van der Waals surface area contributed by atoms with Crippen LogP contribution >= 0.6 is 0 Å². The minimum absolute atomic E-state index is 0.0631. The molecule has 0 unspecified atom stereocenters. The molecule has 0 aliphatic heterocycles. The van der Waals surface area contributed by atoms with Crippen LogP contribution < -0.4 is 0 Å². The smallest absolute Gasteiger partial charge is 0.306 e. The Morgan fingerprint density at radius 1 is 0.306 bits per heavy atom. The lowest BCUT2D eigenvalue weighted by molar-refractivity contribution is -0.167. The summed E-state index contributed by atoms with van der Waals surface area (Å²) in [6.07, 6.45) is 51.0. The molecular weight excluding hydrogens is 769 g/mol. The van der Waals surface area contributed by atoms with Gasteiger partial charge >= 0.3 is 17.9 Å². The Morgan fingerprint density at radius 2 is 0.532 bits per heavy atom. The summed E-state index contributed by atoms with van der Waals surface area (Å²) in [5.74, 6) is 0.847. The van der Waals surface area contributed by atoms with Crippen LogP contribution in [0.5, 0.6) is 0 Å². The summed E-state index contributed by atoms with van der Waals surface area (Å²) in [6, 6.07) is 0. The van der Waals surface area contributed by atoms with Gasteiger partial charge in [-0.2, -0.15) is 0 Å². The first-order valence-corrected chi connectivity index (χ1v) is 27.7. The van der Waals surface area contributed by atoms with Gasteiger partial charge in [0.2, 0.25) is 0 Å². The van der Waals surface area contributed by atoms with Crippen molar-refractivity contribution in [1.29, 1.82) is 0 Å². The highest BCUT2D eigenvalue weighted by Gasteiger charge is 2.19. The van der Waals surface area contributed by atoms with Gasteiger partial charge in [-0.3, -0.25) is 14.4 Å². The largest absolute Gasteiger partial charge is 0.462 e. The molecule has 6 heteroatoms. The summed E-state index contributed by atoms with van der Waals surface area (Å²) in [5, 5.41) is 0. The van der Waals surface area contributed by atoms with Crippen molar-refractivity contribution in [2.45, 2.75) is 317 Å². The summed E-state index contributed by atoms with van der Waals surface area (Å²) >= 11 is 0. The van der Waals surface area contributed by atoms with Crippen molar-refractivity contribution in [2.75, 3.05) is 13.2 Å². The maximum atomic E-state index is 12.8. The van der Waals surface area contributed by atoms with Crippen LogP contribution in [0.1, 0.15) is 311 Å². The van der Waals surface area contributed by atoms with E-state index >= 15 is 0 Å². The highest BCUT2D eigenvalue weighted by Crippen LogP contribution is 2.18. The molecule has 0 spiro atoms. The van der Waals surface area contributed by atoms with Gasteiger partial charge in [0, 0.05) is 19.3 Å². The molecule has 0 aromatic rings. The SMILES string of the molecule is CCCCCCCCCCCC(=O)OC[C@H](COC(=O)CCCCCCCCCCCCCCCC(C)C)OC(=O)CCCCCCCCCCCCCCCCCCC(C)C. The van der Waals surface area contributed by atoms with E-state index in [4.69, 9.17) is 14.2 Å². The molecule has 0 amide bonds. The molecule has 0 aliphatic rings. The summed E-state index contributed by atoms with van der Waals surface area (Å²) in [4.78, 5) is 38.0. The monoisotopic (exact) mass is 877 g/mol. The number of rotatable bonds is 50. The van der Waals surface area contributed by atoms with E-state index in [2.05, 4.69) is 34.6 Å². The fourth-order valence-corrected chi connectivity index (χ4v) is 8.52. The summed E-state index contributed by atoms with van der Waals surface area (Å²) in [5.41, 5.74) is 0. The highest BCUT2D eigenvalue weighted by molar-refractivity contribution is 5.71. The molecule has 0 saturated heterocycles. The fraction of sp³-hybridized carbons (Fsp3) is 0.946. The maximum absolute atomic E-state index is 12.8. The van der Waals surface area contributed by atoms with Gasteiger partial charge in [-0.25, -0.2) is 0 Å². The summed E-state index contributed by atoms with van der Waals surface area (Å²) < 4.78 is 16.8. The molecule has 1 atom stereocenters. The number of ether oxygens (including phenoxy) is 3.